The number of ether oxygens (including phenoxy) is 4. The van der Waals surface area contributed by atoms with Gasteiger partial charge in [0.15, 0.2) is 28.1 Å². The zero-order chi connectivity index (χ0) is 30.8. The van der Waals surface area contributed by atoms with Gasteiger partial charge in [-0.3, -0.25) is 14.5 Å². The molecule has 4 aromatic rings. The van der Waals surface area contributed by atoms with Crippen LogP contribution in [0.3, 0.4) is 0 Å². The number of Topliss-reactive ketones (excluding diaryl/α,β-unsaturated/α-hetero) is 1. The predicted octanol–water partition coefficient (Wildman–Crippen LogP) is 7.31. The number of aromatic nitrogens is 1. The summed E-state index contributed by atoms with van der Waals surface area (Å²) in [6, 6.07) is 14.4. The smallest absolute Gasteiger partial charge is 0.301 e. The van der Waals surface area contributed by atoms with E-state index in [-0.39, 0.29) is 11.3 Å². The SMILES string of the molecule is CCCCCOc1ccc(C2/C(=C(\O)c3ccc4c(c3)OCCO4)C(=O)C(=O)N2c2nc3ccc(Cl)cc3s2)cc1OCC. The lowest BCUT2D eigenvalue weighted by atomic mass is 9.95. The number of hydrogen-bond acceptors (Lipinski definition) is 9. The molecule has 0 saturated carbocycles. The minimum Gasteiger partial charge on any atom is -0.507 e. The number of nitrogens with zero attached hydrogens (tertiary/aromatic N) is 2. The van der Waals surface area contributed by atoms with Gasteiger partial charge in [-0.25, -0.2) is 4.98 Å². The number of ketones is 1. The molecule has 0 radical (unpaired) electrons. The zero-order valence-electron chi connectivity index (χ0n) is 24.3. The quantitative estimate of drug-likeness (QED) is 0.0837. The van der Waals surface area contributed by atoms with Crippen LogP contribution < -0.4 is 23.8 Å². The second-order valence-corrected chi connectivity index (χ2v) is 11.8. The Labute approximate surface area is 263 Å². The molecule has 1 saturated heterocycles. The summed E-state index contributed by atoms with van der Waals surface area (Å²) >= 11 is 7.46. The summed E-state index contributed by atoms with van der Waals surface area (Å²) < 4.78 is 24.0. The first kappa shape index (κ1) is 29.8. The normalized spacial score (nSPS) is 17.3. The van der Waals surface area contributed by atoms with Gasteiger partial charge in [0.1, 0.15) is 19.0 Å². The average molecular weight is 635 g/mol. The number of thiazole rings is 1. The van der Waals surface area contributed by atoms with Crippen LogP contribution in [0.15, 0.2) is 60.2 Å². The van der Waals surface area contributed by atoms with E-state index in [9.17, 15) is 14.7 Å². The Morgan fingerprint density at radius 2 is 1.82 bits per heavy atom. The largest absolute Gasteiger partial charge is 0.507 e. The molecule has 1 fully saturated rings. The topological polar surface area (TPSA) is 107 Å². The van der Waals surface area contributed by atoms with Crippen LogP contribution in [0, 0.1) is 0 Å². The molecule has 3 aromatic carbocycles. The Hall–Kier alpha value is -4.28. The van der Waals surface area contributed by atoms with Crippen molar-refractivity contribution in [3.05, 3.63) is 76.3 Å². The molecule has 1 aromatic heterocycles. The Bertz CT molecular complexity index is 1770. The lowest BCUT2D eigenvalue weighted by Gasteiger charge is -2.24. The number of carbonyl (C=O) groups excluding carboxylic acids is 2. The minimum absolute atomic E-state index is 0.0805. The van der Waals surface area contributed by atoms with E-state index in [0.717, 1.165) is 24.0 Å². The molecule has 44 heavy (non-hydrogen) atoms. The highest BCUT2D eigenvalue weighted by Crippen LogP contribution is 2.46. The highest BCUT2D eigenvalue weighted by atomic mass is 35.5. The number of fused-ring (bicyclic) bond motifs is 2. The van der Waals surface area contributed by atoms with Gasteiger partial charge >= 0.3 is 5.91 Å². The number of amides is 1. The number of aliphatic hydroxyl groups is 1. The maximum Gasteiger partial charge on any atom is 0.301 e. The van der Waals surface area contributed by atoms with Crippen molar-refractivity contribution in [1.82, 2.24) is 4.98 Å². The van der Waals surface area contributed by atoms with Gasteiger partial charge in [0.25, 0.3) is 5.78 Å². The van der Waals surface area contributed by atoms with E-state index >= 15 is 0 Å². The van der Waals surface area contributed by atoms with E-state index < -0.39 is 17.7 Å². The molecule has 9 nitrogen and oxygen atoms in total. The summed E-state index contributed by atoms with van der Waals surface area (Å²) in [5.41, 5.74) is 1.41. The van der Waals surface area contributed by atoms with Crippen LogP contribution >= 0.6 is 22.9 Å². The van der Waals surface area contributed by atoms with Crippen molar-refractivity contribution in [1.29, 1.82) is 0 Å². The number of aliphatic hydroxyl groups excluding tert-OH is 1. The fraction of sp³-hybridized carbons (Fsp3) is 0.303. The molecule has 2 aliphatic heterocycles. The van der Waals surface area contributed by atoms with Gasteiger partial charge in [0.05, 0.1) is 35.0 Å². The van der Waals surface area contributed by atoms with Crippen molar-refractivity contribution in [2.24, 2.45) is 0 Å². The van der Waals surface area contributed by atoms with Gasteiger partial charge in [-0.1, -0.05) is 48.8 Å². The Kier molecular flexibility index (Phi) is 8.63. The summed E-state index contributed by atoms with van der Waals surface area (Å²) in [6.07, 6.45) is 3.02. The van der Waals surface area contributed by atoms with Gasteiger partial charge in [-0.2, -0.15) is 0 Å². The van der Waals surface area contributed by atoms with Gasteiger partial charge in [0, 0.05) is 10.6 Å². The number of anilines is 1. The number of halogens is 1. The molecular weight excluding hydrogens is 604 g/mol. The summed E-state index contributed by atoms with van der Waals surface area (Å²) in [5.74, 6) is 0.0308. The molecule has 1 N–H and O–H groups in total. The second kappa shape index (κ2) is 12.8. The number of rotatable bonds is 10. The van der Waals surface area contributed by atoms with Crippen LogP contribution in [0.4, 0.5) is 5.13 Å². The molecule has 0 spiro atoms. The molecule has 1 atom stereocenters. The Balaban J connectivity index is 1.49. The van der Waals surface area contributed by atoms with Crippen LogP contribution in [0.2, 0.25) is 5.02 Å². The fourth-order valence-corrected chi connectivity index (χ4v) is 6.57. The van der Waals surface area contributed by atoms with Crippen molar-refractivity contribution >= 4 is 55.7 Å². The van der Waals surface area contributed by atoms with Crippen LogP contribution in [0.5, 0.6) is 23.0 Å². The van der Waals surface area contributed by atoms with Gasteiger partial charge in [-0.05, 0) is 67.4 Å². The maximum atomic E-state index is 13.8. The summed E-state index contributed by atoms with van der Waals surface area (Å²) in [5, 5.41) is 12.5. The van der Waals surface area contributed by atoms with E-state index in [1.165, 1.54) is 16.2 Å². The maximum absolute atomic E-state index is 13.8. The molecule has 1 amide bonds. The number of carbonyl (C=O) groups is 2. The van der Waals surface area contributed by atoms with Crippen molar-refractivity contribution in [2.45, 2.75) is 39.2 Å². The predicted molar refractivity (Wildman–Crippen MR) is 169 cm³/mol. The Morgan fingerprint density at radius 3 is 2.61 bits per heavy atom. The van der Waals surface area contributed by atoms with Crippen molar-refractivity contribution in [2.75, 3.05) is 31.3 Å². The van der Waals surface area contributed by atoms with Gasteiger partial charge in [-0.15, -0.1) is 0 Å². The van der Waals surface area contributed by atoms with E-state index in [1.54, 1.807) is 54.6 Å². The molecule has 2 aliphatic rings. The van der Waals surface area contributed by atoms with Crippen molar-refractivity contribution in [3.63, 3.8) is 0 Å². The van der Waals surface area contributed by atoms with Gasteiger partial charge < -0.3 is 24.1 Å². The molecule has 6 rings (SSSR count). The van der Waals surface area contributed by atoms with Gasteiger partial charge in [0.2, 0.25) is 0 Å². The second-order valence-electron chi connectivity index (χ2n) is 10.3. The number of benzene rings is 3. The Morgan fingerprint density at radius 1 is 1.00 bits per heavy atom. The first-order valence-electron chi connectivity index (χ1n) is 14.6. The average Bonchev–Trinajstić information content (AvgIpc) is 3.56. The van der Waals surface area contributed by atoms with E-state index in [4.69, 9.17) is 30.5 Å². The highest BCUT2D eigenvalue weighted by Gasteiger charge is 2.48. The van der Waals surface area contributed by atoms with E-state index in [2.05, 4.69) is 11.9 Å². The summed E-state index contributed by atoms with van der Waals surface area (Å²) in [7, 11) is 0. The number of hydrogen-bond donors (Lipinski definition) is 1. The summed E-state index contributed by atoms with van der Waals surface area (Å²) in [6.45, 7) is 5.68. The third-order valence-electron chi connectivity index (χ3n) is 7.39. The lowest BCUT2D eigenvalue weighted by Crippen LogP contribution is -2.29. The van der Waals surface area contributed by atoms with E-state index in [0.29, 0.717) is 76.2 Å². The lowest BCUT2D eigenvalue weighted by molar-refractivity contribution is -0.132. The first-order valence-corrected chi connectivity index (χ1v) is 15.8. The van der Waals surface area contributed by atoms with Crippen LogP contribution in [0.1, 0.15) is 50.3 Å². The third kappa shape index (κ3) is 5.67. The first-order chi connectivity index (χ1) is 21.4. The molecule has 11 heteroatoms. The zero-order valence-corrected chi connectivity index (χ0v) is 25.9. The molecule has 0 bridgehead atoms. The van der Waals surface area contributed by atoms with Crippen LogP contribution in [-0.2, 0) is 9.59 Å². The fourth-order valence-electron chi connectivity index (χ4n) is 5.30. The standard InChI is InChI=1S/C33H31ClN2O7S/c1-3-5-6-13-41-23-11-7-19(16-25(23)40-4-2)29-28(30(37)20-8-12-24-26(17-20)43-15-14-42-24)31(38)32(39)36(29)33-35-22-10-9-21(34)18-27(22)44-33/h7-12,16-18,29,37H,3-6,13-15H2,1-2H3/b30-28+. The molecule has 1 unspecified atom stereocenters. The minimum atomic E-state index is -1.01. The molecule has 0 aliphatic carbocycles. The third-order valence-corrected chi connectivity index (χ3v) is 8.65. The van der Waals surface area contributed by atoms with Crippen molar-refractivity contribution in [3.8, 4) is 23.0 Å². The summed E-state index contributed by atoms with van der Waals surface area (Å²) in [4.78, 5) is 33.5. The monoisotopic (exact) mass is 634 g/mol. The van der Waals surface area contributed by atoms with Crippen LogP contribution in [0.25, 0.3) is 16.0 Å². The van der Waals surface area contributed by atoms with Crippen molar-refractivity contribution < 1.29 is 33.6 Å². The number of unbranched alkanes of at least 4 members (excludes halogenated alkanes) is 2. The highest BCUT2D eigenvalue weighted by molar-refractivity contribution is 7.22. The van der Waals surface area contributed by atoms with E-state index in [1.807, 2.05) is 6.92 Å². The molecule has 3 heterocycles. The molecular formula is C33H31ClN2O7S. The molecule has 228 valence electrons. The van der Waals surface area contributed by atoms with Crippen LogP contribution in [-0.4, -0.2) is 48.2 Å².